The Balaban J connectivity index is 1.97. The Bertz CT molecular complexity index is 638. The summed E-state index contributed by atoms with van der Waals surface area (Å²) in [6.07, 6.45) is 8.78. The molecule has 3 aliphatic rings. The minimum absolute atomic E-state index is 0.141. The predicted molar refractivity (Wildman–Crippen MR) is 58.0 cm³/mol. The van der Waals surface area contributed by atoms with Crippen LogP contribution in [0.5, 0.6) is 0 Å². The lowest BCUT2D eigenvalue weighted by Crippen LogP contribution is -2.65. The van der Waals surface area contributed by atoms with Gasteiger partial charge in [0.15, 0.2) is 0 Å². The van der Waals surface area contributed by atoms with Crippen LogP contribution in [0.1, 0.15) is 11.4 Å². The van der Waals surface area contributed by atoms with Gasteiger partial charge in [-0.15, -0.1) is 0 Å². The Morgan fingerprint density at radius 3 is 2.06 bits per heavy atom. The molecule has 0 bridgehead atoms. The summed E-state index contributed by atoms with van der Waals surface area (Å²) in [7, 11) is 0. The van der Waals surface area contributed by atoms with Crippen molar-refractivity contribution in [3.8, 4) is 0 Å². The highest BCUT2D eigenvalue weighted by Gasteiger charge is 2.73. The van der Waals surface area contributed by atoms with E-state index in [0.717, 1.165) is 6.67 Å². The number of fused-ring (bicyclic) bond motifs is 2. The van der Waals surface area contributed by atoms with E-state index in [9.17, 15) is 0 Å². The smallest absolute Gasteiger partial charge is 0.201 e. The van der Waals surface area contributed by atoms with E-state index < -0.39 is 0 Å². The molecule has 0 aliphatic carbocycles. The summed E-state index contributed by atoms with van der Waals surface area (Å²) in [5.41, 5.74) is 2.55. The van der Waals surface area contributed by atoms with Crippen molar-refractivity contribution in [1.82, 2.24) is 9.13 Å². The lowest BCUT2D eigenvalue weighted by atomic mass is 10.4. The monoisotopic (exact) mass is 210 g/mol. The van der Waals surface area contributed by atoms with Crippen molar-refractivity contribution in [2.75, 3.05) is 6.67 Å². The second-order valence-electron chi connectivity index (χ2n) is 4.55. The van der Waals surface area contributed by atoms with Gasteiger partial charge in [-0.2, -0.15) is 0 Å². The lowest BCUT2D eigenvalue weighted by Gasteiger charge is -2.28. The maximum absolute atomic E-state index is 2.37. The summed E-state index contributed by atoms with van der Waals surface area (Å²) in [6.45, 7) is 0.976. The summed E-state index contributed by atoms with van der Waals surface area (Å²) in [6, 6.07) is 8.53. The molecule has 76 valence electrons. The normalized spacial score (nSPS) is 21.5. The van der Waals surface area contributed by atoms with Gasteiger partial charge in [-0.3, -0.25) is 0 Å². The number of hydrogen-bond donors (Lipinski definition) is 0. The Morgan fingerprint density at radius 2 is 1.50 bits per heavy atom. The molecule has 0 radical (unpaired) electrons. The fourth-order valence-electron chi connectivity index (χ4n) is 3.23. The molecular weight excluding hydrogens is 200 g/mol. The Kier molecular flexibility index (Phi) is 0.863. The van der Waals surface area contributed by atoms with Crippen molar-refractivity contribution in [3.05, 3.63) is 48.0 Å². The first-order valence-corrected chi connectivity index (χ1v) is 5.49. The van der Waals surface area contributed by atoms with Gasteiger partial charge >= 0.3 is 12.6 Å². The van der Waals surface area contributed by atoms with Crippen molar-refractivity contribution in [2.24, 2.45) is 0 Å². The SMILES string of the molecule is C1=[N+]2C[N+]3=Cc4cccn4C23n2cccc21. The summed E-state index contributed by atoms with van der Waals surface area (Å²) >= 11 is 0. The third kappa shape index (κ3) is 0.487. The highest BCUT2D eigenvalue weighted by molar-refractivity contribution is 5.78. The van der Waals surface area contributed by atoms with Crippen molar-refractivity contribution in [1.29, 1.82) is 0 Å². The van der Waals surface area contributed by atoms with E-state index in [1.807, 2.05) is 0 Å². The van der Waals surface area contributed by atoms with Crippen LogP contribution in [0.15, 0.2) is 36.7 Å². The van der Waals surface area contributed by atoms with E-state index in [0.29, 0.717) is 0 Å². The summed E-state index contributed by atoms with van der Waals surface area (Å²) in [5, 5.41) is 0. The average molecular weight is 210 g/mol. The lowest BCUT2D eigenvalue weighted by molar-refractivity contribution is -1.03. The third-order valence-electron chi connectivity index (χ3n) is 3.86. The molecule has 5 rings (SSSR count). The molecule has 3 aliphatic heterocycles. The predicted octanol–water partition coefficient (Wildman–Crippen LogP) is 0.267. The van der Waals surface area contributed by atoms with Crippen LogP contribution in [-0.4, -0.2) is 37.4 Å². The Morgan fingerprint density at radius 1 is 0.938 bits per heavy atom. The zero-order valence-corrected chi connectivity index (χ0v) is 8.61. The molecule has 2 aromatic heterocycles. The molecule has 1 spiro atoms. The molecule has 1 saturated heterocycles. The van der Waals surface area contributed by atoms with Crippen LogP contribution in [0, 0.1) is 0 Å². The van der Waals surface area contributed by atoms with Gasteiger partial charge in [0, 0.05) is 12.4 Å². The van der Waals surface area contributed by atoms with Gasteiger partial charge in [0.05, 0.1) is 0 Å². The molecule has 0 aromatic carbocycles. The fourth-order valence-corrected chi connectivity index (χ4v) is 3.23. The molecular formula is C12H10N4+2. The molecule has 16 heavy (non-hydrogen) atoms. The number of nitrogens with zero attached hydrogens (tertiary/aromatic N) is 4. The molecule has 5 heterocycles. The van der Waals surface area contributed by atoms with Crippen LogP contribution >= 0.6 is 0 Å². The topological polar surface area (TPSA) is 15.9 Å². The molecule has 0 amide bonds. The van der Waals surface area contributed by atoms with Gasteiger partial charge < -0.3 is 0 Å². The Hall–Kier alpha value is -2.10. The van der Waals surface area contributed by atoms with E-state index in [1.165, 1.54) is 11.4 Å². The molecule has 0 saturated carbocycles. The molecule has 4 heteroatoms. The third-order valence-corrected chi connectivity index (χ3v) is 3.86. The molecule has 4 nitrogen and oxygen atoms in total. The molecule has 0 unspecified atom stereocenters. The minimum Gasteiger partial charge on any atom is -0.201 e. The highest BCUT2D eigenvalue weighted by Crippen LogP contribution is 2.39. The zero-order valence-electron chi connectivity index (χ0n) is 8.61. The van der Waals surface area contributed by atoms with Crippen molar-refractivity contribution < 1.29 is 9.15 Å². The average Bonchev–Trinajstić information content (AvgIpc) is 2.93. The van der Waals surface area contributed by atoms with E-state index in [-0.39, 0.29) is 5.91 Å². The van der Waals surface area contributed by atoms with E-state index in [1.54, 1.807) is 0 Å². The van der Waals surface area contributed by atoms with E-state index in [4.69, 9.17) is 0 Å². The fraction of sp³-hybridized carbons (Fsp3) is 0.167. The summed E-state index contributed by atoms with van der Waals surface area (Å²) in [5.74, 6) is -0.141. The first-order valence-electron chi connectivity index (χ1n) is 5.49. The minimum atomic E-state index is -0.141. The van der Waals surface area contributed by atoms with Crippen LogP contribution in [0.4, 0.5) is 0 Å². The van der Waals surface area contributed by atoms with Crippen LogP contribution in [-0.2, 0) is 5.91 Å². The number of aromatic nitrogens is 2. The molecule has 0 N–H and O–H groups in total. The first kappa shape index (κ1) is 7.22. The zero-order chi connectivity index (χ0) is 10.3. The standard InChI is InChI=1S/C12H10N4/c1-3-10-7-13-9-14-8-11-4-2-6-16(11)12(13,14)15(10)5-1/h1-8H,9H2/q+2. The number of hydrogen-bond acceptors (Lipinski definition) is 0. The van der Waals surface area contributed by atoms with Gasteiger partial charge in [-0.25, -0.2) is 9.13 Å². The number of rotatable bonds is 0. The van der Waals surface area contributed by atoms with Crippen molar-refractivity contribution in [2.45, 2.75) is 5.91 Å². The first-order chi connectivity index (χ1) is 7.90. The van der Waals surface area contributed by atoms with Gasteiger partial charge in [-0.05, 0) is 24.3 Å². The largest absolute Gasteiger partial charge is 0.551 e. The maximum Gasteiger partial charge on any atom is 0.551 e. The maximum atomic E-state index is 2.37. The molecule has 1 fully saturated rings. The van der Waals surface area contributed by atoms with Crippen LogP contribution < -0.4 is 0 Å². The van der Waals surface area contributed by atoms with Gasteiger partial charge in [0.2, 0.25) is 12.4 Å². The summed E-state index contributed by atoms with van der Waals surface area (Å²) in [4.78, 5) is 0. The molecule has 0 atom stereocenters. The highest BCUT2D eigenvalue weighted by atomic mass is 15.7. The Labute approximate surface area is 92.0 Å². The summed E-state index contributed by atoms with van der Waals surface area (Å²) < 4.78 is 9.39. The van der Waals surface area contributed by atoms with Crippen molar-refractivity contribution >= 4 is 12.4 Å². The van der Waals surface area contributed by atoms with E-state index in [2.05, 4.69) is 67.4 Å². The quantitative estimate of drug-likeness (QED) is 0.555. The second-order valence-corrected chi connectivity index (χ2v) is 4.55. The van der Waals surface area contributed by atoms with Gasteiger partial charge in [0.1, 0.15) is 11.4 Å². The second kappa shape index (κ2) is 1.91. The van der Waals surface area contributed by atoms with Crippen molar-refractivity contribution in [3.63, 3.8) is 0 Å². The van der Waals surface area contributed by atoms with E-state index >= 15 is 0 Å². The van der Waals surface area contributed by atoms with Crippen LogP contribution in [0.3, 0.4) is 0 Å². The van der Waals surface area contributed by atoms with Gasteiger partial charge in [0.25, 0.3) is 0 Å². The molecule has 2 aromatic rings. The van der Waals surface area contributed by atoms with Gasteiger partial charge in [-0.1, -0.05) is 9.15 Å². The van der Waals surface area contributed by atoms with Crippen LogP contribution in [0.2, 0.25) is 0 Å². The van der Waals surface area contributed by atoms with Crippen LogP contribution in [0.25, 0.3) is 0 Å².